The third-order valence-corrected chi connectivity index (χ3v) is 7.03. The van der Waals surface area contributed by atoms with Crippen LogP contribution in [0.25, 0.3) is 6.08 Å². The van der Waals surface area contributed by atoms with Crippen molar-refractivity contribution >= 4 is 29.4 Å². The smallest absolute Gasteiger partial charge is 0.338 e. The molecule has 0 unspecified atom stereocenters. The van der Waals surface area contributed by atoms with Gasteiger partial charge in [0, 0.05) is 6.92 Å². The summed E-state index contributed by atoms with van der Waals surface area (Å²) in [5.74, 6) is 0.620. The Balaban J connectivity index is 1.91. The molecule has 1 aromatic heterocycles. The van der Waals surface area contributed by atoms with Crippen molar-refractivity contribution in [3.05, 3.63) is 78.5 Å². The van der Waals surface area contributed by atoms with E-state index in [1.54, 1.807) is 49.4 Å². The molecule has 11 heteroatoms. The van der Waals surface area contributed by atoms with Crippen LogP contribution in [0.5, 0.6) is 23.0 Å². The Hall–Kier alpha value is -4.38. The summed E-state index contributed by atoms with van der Waals surface area (Å²) in [5, 5.41) is 0. The monoisotopic (exact) mass is 566 g/mol. The predicted molar refractivity (Wildman–Crippen MR) is 149 cm³/mol. The zero-order chi connectivity index (χ0) is 29.0. The molecule has 1 atom stereocenters. The van der Waals surface area contributed by atoms with E-state index < -0.39 is 18.0 Å². The third-order valence-electron chi connectivity index (χ3n) is 6.05. The lowest BCUT2D eigenvalue weighted by Crippen LogP contribution is -2.39. The number of thiazole rings is 1. The van der Waals surface area contributed by atoms with Crippen LogP contribution in [-0.4, -0.2) is 43.9 Å². The van der Waals surface area contributed by atoms with Gasteiger partial charge in [-0.3, -0.25) is 14.2 Å². The number of esters is 2. The van der Waals surface area contributed by atoms with Crippen LogP contribution < -0.4 is 33.8 Å². The molecule has 1 aliphatic rings. The predicted octanol–water partition coefficient (Wildman–Crippen LogP) is 3.14. The van der Waals surface area contributed by atoms with E-state index in [0.29, 0.717) is 56.6 Å². The third kappa shape index (κ3) is 5.64. The first-order valence-corrected chi connectivity index (χ1v) is 13.4. The normalized spacial score (nSPS) is 14.8. The second kappa shape index (κ2) is 12.2. The van der Waals surface area contributed by atoms with Gasteiger partial charge in [-0.05, 0) is 62.2 Å². The number of benzene rings is 2. The van der Waals surface area contributed by atoms with Crippen molar-refractivity contribution in [2.24, 2.45) is 4.99 Å². The van der Waals surface area contributed by atoms with E-state index in [0.717, 1.165) is 0 Å². The van der Waals surface area contributed by atoms with E-state index in [4.69, 9.17) is 23.7 Å². The number of methoxy groups -OCH3 is 2. The molecule has 0 N–H and O–H groups in total. The fourth-order valence-corrected chi connectivity index (χ4v) is 5.46. The molecule has 0 amide bonds. The Morgan fingerprint density at radius 2 is 1.70 bits per heavy atom. The molecule has 0 saturated heterocycles. The summed E-state index contributed by atoms with van der Waals surface area (Å²) >= 11 is 1.19. The van der Waals surface area contributed by atoms with E-state index >= 15 is 0 Å². The van der Waals surface area contributed by atoms with E-state index in [-0.39, 0.29) is 16.9 Å². The van der Waals surface area contributed by atoms with Crippen LogP contribution in [0.15, 0.2) is 57.5 Å². The molecule has 40 heavy (non-hydrogen) atoms. The van der Waals surface area contributed by atoms with Gasteiger partial charge in [-0.2, -0.15) is 0 Å². The molecule has 1 aliphatic heterocycles. The number of fused-ring (bicyclic) bond motifs is 1. The molecule has 2 heterocycles. The molecule has 0 aliphatic carbocycles. The van der Waals surface area contributed by atoms with Crippen molar-refractivity contribution in [2.45, 2.75) is 33.7 Å². The molecule has 0 radical (unpaired) electrons. The van der Waals surface area contributed by atoms with Crippen molar-refractivity contribution in [1.29, 1.82) is 0 Å². The topological polar surface area (TPSA) is 115 Å². The minimum Gasteiger partial charge on any atom is -0.493 e. The molecule has 0 bridgehead atoms. The average molecular weight is 567 g/mol. The van der Waals surface area contributed by atoms with Crippen LogP contribution in [0.4, 0.5) is 0 Å². The van der Waals surface area contributed by atoms with Crippen LogP contribution in [0.1, 0.15) is 44.9 Å². The Bertz CT molecular complexity index is 1670. The van der Waals surface area contributed by atoms with Crippen LogP contribution in [0.2, 0.25) is 0 Å². The quantitative estimate of drug-likeness (QED) is 0.287. The number of allylic oxidation sites excluding steroid dienone is 1. The second-order valence-corrected chi connectivity index (χ2v) is 9.66. The zero-order valence-corrected chi connectivity index (χ0v) is 23.9. The molecule has 0 fully saturated rings. The SMILES string of the molecule is CCOc1ccc([C@@H]2C(C(=O)OC)=C(C)N=c3s/c(=C\c4ccc(OC(C)=O)c(OC)c4)c(=O)n32)cc1OCC. The number of hydrogen-bond donors (Lipinski definition) is 0. The summed E-state index contributed by atoms with van der Waals surface area (Å²) in [7, 11) is 2.76. The van der Waals surface area contributed by atoms with Crippen molar-refractivity contribution in [2.75, 3.05) is 27.4 Å². The van der Waals surface area contributed by atoms with Crippen molar-refractivity contribution in [1.82, 2.24) is 4.57 Å². The summed E-state index contributed by atoms with van der Waals surface area (Å²) in [6.07, 6.45) is 1.70. The molecular formula is C29H30N2O8S. The maximum absolute atomic E-state index is 13.9. The maximum Gasteiger partial charge on any atom is 0.338 e. The Kier molecular flexibility index (Phi) is 8.73. The van der Waals surface area contributed by atoms with Crippen LogP contribution in [0, 0.1) is 0 Å². The molecule has 10 nitrogen and oxygen atoms in total. The highest BCUT2D eigenvalue weighted by atomic mass is 32.1. The summed E-state index contributed by atoms with van der Waals surface area (Å²) in [4.78, 5) is 43.3. The number of rotatable bonds is 9. The van der Waals surface area contributed by atoms with E-state index in [1.807, 2.05) is 13.8 Å². The second-order valence-electron chi connectivity index (χ2n) is 8.65. The largest absolute Gasteiger partial charge is 0.493 e. The van der Waals surface area contributed by atoms with Gasteiger partial charge in [0.15, 0.2) is 27.8 Å². The molecule has 3 aromatic rings. The highest BCUT2D eigenvalue weighted by Crippen LogP contribution is 2.36. The number of carbonyl (C=O) groups excluding carboxylic acids is 2. The average Bonchev–Trinajstić information content (AvgIpc) is 3.23. The first-order chi connectivity index (χ1) is 19.2. The molecule has 0 spiro atoms. The van der Waals surface area contributed by atoms with Gasteiger partial charge in [-0.25, -0.2) is 9.79 Å². The van der Waals surface area contributed by atoms with Crippen molar-refractivity contribution in [3.63, 3.8) is 0 Å². The van der Waals surface area contributed by atoms with Gasteiger partial charge in [0.05, 0.1) is 49.3 Å². The number of nitrogens with zero attached hydrogens (tertiary/aromatic N) is 2. The number of aromatic nitrogens is 1. The molecular weight excluding hydrogens is 536 g/mol. The van der Waals surface area contributed by atoms with Crippen LogP contribution in [-0.2, 0) is 14.3 Å². The van der Waals surface area contributed by atoms with Gasteiger partial charge < -0.3 is 23.7 Å². The first-order valence-electron chi connectivity index (χ1n) is 12.6. The summed E-state index contributed by atoms with van der Waals surface area (Å²) in [6.45, 7) is 7.62. The minimum absolute atomic E-state index is 0.250. The van der Waals surface area contributed by atoms with Crippen molar-refractivity contribution < 1.29 is 33.3 Å². The van der Waals surface area contributed by atoms with Gasteiger partial charge in [-0.15, -0.1) is 0 Å². The lowest BCUT2D eigenvalue weighted by atomic mass is 9.95. The lowest BCUT2D eigenvalue weighted by Gasteiger charge is -2.25. The summed E-state index contributed by atoms with van der Waals surface area (Å²) < 4.78 is 29.0. The Labute approximate surface area is 234 Å². The van der Waals surface area contributed by atoms with E-state index in [9.17, 15) is 14.4 Å². The fraction of sp³-hybridized carbons (Fsp3) is 0.310. The minimum atomic E-state index is -0.804. The molecule has 2 aromatic carbocycles. The van der Waals surface area contributed by atoms with Gasteiger partial charge in [-0.1, -0.05) is 23.5 Å². The molecule has 210 valence electrons. The Morgan fingerprint density at radius 1 is 1.00 bits per heavy atom. The van der Waals surface area contributed by atoms with Crippen LogP contribution in [0.3, 0.4) is 0 Å². The van der Waals surface area contributed by atoms with Gasteiger partial charge in [0.2, 0.25) is 0 Å². The number of hydrogen-bond acceptors (Lipinski definition) is 10. The first kappa shape index (κ1) is 28.6. The van der Waals surface area contributed by atoms with Crippen molar-refractivity contribution in [3.8, 4) is 23.0 Å². The highest BCUT2D eigenvalue weighted by Gasteiger charge is 2.33. The summed E-state index contributed by atoms with van der Waals surface area (Å²) in [5.41, 5.74) is 1.65. The Morgan fingerprint density at radius 3 is 2.35 bits per heavy atom. The van der Waals surface area contributed by atoms with Gasteiger partial charge >= 0.3 is 11.9 Å². The highest BCUT2D eigenvalue weighted by molar-refractivity contribution is 7.07. The van der Waals surface area contributed by atoms with Gasteiger partial charge in [0.1, 0.15) is 0 Å². The van der Waals surface area contributed by atoms with Gasteiger partial charge in [0.25, 0.3) is 5.56 Å². The maximum atomic E-state index is 13.9. The number of carbonyl (C=O) groups is 2. The molecule has 0 saturated carbocycles. The summed E-state index contributed by atoms with van der Waals surface area (Å²) in [6, 6.07) is 9.51. The van der Waals surface area contributed by atoms with E-state index in [1.165, 1.54) is 37.0 Å². The zero-order valence-electron chi connectivity index (χ0n) is 23.1. The van der Waals surface area contributed by atoms with Crippen LogP contribution >= 0.6 is 11.3 Å². The fourth-order valence-electron chi connectivity index (χ4n) is 4.41. The number of ether oxygens (including phenoxy) is 5. The van der Waals surface area contributed by atoms with E-state index in [2.05, 4.69) is 4.99 Å². The lowest BCUT2D eigenvalue weighted by molar-refractivity contribution is -0.136. The standard InChI is InChI=1S/C29H30N2O8S/c1-7-37-20-12-10-19(15-23(20)38-8-2)26-25(28(34)36-6)16(3)30-29-31(26)27(33)24(40-29)14-18-9-11-21(39-17(4)32)22(13-18)35-5/h9-15,26H,7-8H2,1-6H3/b24-14-/t26-/m1/s1. The molecule has 4 rings (SSSR count).